The Hall–Kier alpha value is -1.29. The van der Waals surface area contributed by atoms with E-state index in [0.29, 0.717) is 6.42 Å². The minimum atomic E-state index is -0.143. The number of carbonyl (C=O) groups excluding carboxylic acids is 1. The maximum absolute atomic E-state index is 11.7. The van der Waals surface area contributed by atoms with Gasteiger partial charge in [0.05, 0.1) is 6.26 Å². The predicted molar refractivity (Wildman–Crippen MR) is 56.0 cm³/mol. The van der Waals surface area contributed by atoms with Crippen molar-refractivity contribution in [3.05, 3.63) is 24.2 Å². The van der Waals surface area contributed by atoms with Crippen LogP contribution in [0.5, 0.6) is 0 Å². The summed E-state index contributed by atoms with van der Waals surface area (Å²) in [4.78, 5) is 13.5. The van der Waals surface area contributed by atoms with Crippen molar-refractivity contribution >= 4 is 5.91 Å². The van der Waals surface area contributed by atoms with Gasteiger partial charge >= 0.3 is 0 Å². The number of furan rings is 1. The molecule has 0 aliphatic carbocycles. The third-order valence-electron chi connectivity index (χ3n) is 2.77. The standard InChI is InChI=1S/C11H16N2O2/c1-2-5-13-10(14)7-8(12)11(13)9-4-3-6-15-9/h3-4,6,8,11H,2,5,7,12H2,1H3. The number of nitrogens with zero attached hydrogens (tertiary/aromatic N) is 1. The molecule has 1 aliphatic heterocycles. The Bertz CT molecular complexity index is 334. The third-order valence-corrected chi connectivity index (χ3v) is 2.77. The summed E-state index contributed by atoms with van der Waals surface area (Å²) in [6.07, 6.45) is 2.98. The summed E-state index contributed by atoms with van der Waals surface area (Å²) >= 11 is 0. The SMILES string of the molecule is CCCN1C(=O)CC(N)C1c1ccco1. The van der Waals surface area contributed by atoms with E-state index in [1.807, 2.05) is 17.0 Å². The Morgan fingerprint density at radius 1 is 1.67 bits per heavy atom. The van der Waals surface area contributed by atoms with Crippen molar-refractivity contribution < 1.29 is 9.21 Å². The zero-order chi connectivity index (χ0) is 10.8. The van der Waals surface area contributed by atoms with Crippen molar-refractivity contribution in [1.82, 2.24) is 4.90 Å². The molecule has 4 heteroatoms. The van der Waals surface area contributed by atoms with Gasteiger partial charge in [-0.15, -0.1) is 0 Å². The molecule has 1 amide bonds. The van der Waals surface area contributed by atoms with Gasteiger partial charge in [-0.25, -0.2) is 0 Å². The Kier molecular flexibility index (Phi) is 2.77. The van der Waals surface area contributed by atoms with Crippen LogP contribution in [0.1, 0.15) is 31.6 Å². The van der Waals surface area contributed by atoms with Gasteiger partial charge in [-0.1, -0.05) is 6.92 Å². The Balaban J connectivity index is 2.23. The first-order chi connectivity index (χ1) is 7.24. The maximum Gasteiger partial charge on any atom is 0.224 e. The molecule has 2 N–H and O–H groups in total. The second-order valence-corrected chi connectivity index (χ2v) is 3.92. The fraction of sp³-hybridized carbons (Fsp3) is 0.545. The molecule has 0 bridgehead atoms. The highest BCUT2D eigenvalue weighted by Crippen LogP contribution is 2.32. The Morgan fingerprint density at radius 2 is 2.47 bits per heavy atom. The van der Waals surface area contributed by atoms with Gasteiger partial charge in [-0.2, -0.15) is 0 Å². The van der Waals surface area contributed by atoms with E-state index in [1.165, 1.54) is 0 Å². The highest BCUT2D eigenvalue weighted by Gasteiger charge is 2.39. The zero-order valence-corrected chi connectivity index (χ0v) is 8.85. The number of amides is 1. The quantitative estimate of drug-likeness (QED) is 0.814. The highest BCUT2D eigenvalue weighted by atomic mass is 16.3. The molecule has 1 aliphatic rings. The number of rotatable bonds is 3. The van der Waals surface area contributed by atoms with E-state index in [0.717, 1.165) is 18.7 Å². The van der Waals surface area contributed by atoms with Crippen LogP contribution in [0.25, 0.3) is 0 Å². The lowest BCUT2D eigenvalue weighted by molar-refractivity contribution is -0.129. The molecule has 2 rings (SSSR count). The fourth-order valence-electron chi connectivity index (χ4n) is 2.15. The molecule has 2 heterocycles. The molecule has 0 spiro atoms. The maximum atomic E-state index is 11.7. The molecule has 2 unspecified atom stereocenters. The largest absolute Gasteiger partial charge is 0.467 e. The molecule has 82 valence electrons. The van der Waals surface area contributed by atoms with Crippen molar-refractivity contribution in [2.24, 2.45) is 5.73 Å². The summed E-state index contributed by atoms with van der Waals surface area (Å²) in [6.45, 7) is 2.80. The molecule has 0 radical (unpaired) electrons. The molecule has 4 nitrogen and oxygen atoms in total. The van der Waals surface area contributed by atoms with Crippen molar-refractivity contribution in [3.8, 4) is 0 Å². The van der Waals surface area contributed by atoms with E-state index >= 15 is 0 Å². The van der Waals surface area contributed by atoms with Gasteiger partial charge in [0.1, 0.15) is 11.8 Å². The summed E-state index contributed by atoms with van der Waals surface area (Å²) in [5.41, 5.74) is 5.96. The number of hydrogen-bond donors (Lipinski definition) is 1. The lowest BCUT2D eigenvalue weighted by Gasteiger charge is -2.24. The lowest BCUT2D eigenvalue weighted by Crippen LogP contribution is -2.33. The number of carbonyl (C=O) groups is 1. The average molecular weight is 208 g/mol. The van der Waals surface area contributed by atoms with Crippen LogP contribution < -0.4 is 5.73 Å². The normalized spacial score (nSPS) is 26.3. The topological polar surface area (TPSA) is 59.5 Å². The zero-order valence-electron chi connectivity index (χ0n) is 8.85. The van der Waals surface area contributed by atoms with Gasteiger partial charge in [0.25, 0.3) is 0 Å². The van der Waals surface area contributed by atoms with Gasteiger partial charge in [0.15, 0.2) is 0 Å². The van der Waals surface area contributed by atoms with Crippen LogP contribution in [0.3, 0.4) is 0 Å². The molecule has 15 heavy (non-hydrogen) atoms. The summed E-state index contributed by atoms with van der Waals surface area (Å²) in [6, 6.07) is 3.49. The van der Waals surface area contributed by atoms with Crippen molar-refractivity contribution in [2.45, 2.75) is 31.8 Å². The van der Waals surface area contributed by atoms with Crippen LogP contribution in [0.4, 0.5) is 0 Å². The van der Waals surface area contributed by atoms with Crippen LogP contribution in [0.15, 0.2) is 22.8 Å². The van der Waals surface area contributed by atoms with Gasteiger partial charge in [-0.3, -0.25) is 4.79 Å². The summed E-state index contributed by atoms with van der Waals surface area (Å²) in [5, 5.41) is 0. The van der Waals surface area contributed by atoms with Crippen molar-refractivity contribution in [1.29, 1.82) is 0 Å². The van der Waals surface area contributed by atoms with Gasteiger partial charge in [-0.05, 0) is 18.6 Å². The van der Waals surface area contributed by atoms with E-state index < -0.39 is 0 Å². The first-order valence-corrected chi connectivity index (χ1v) is 5.32. The van der Waals surface area contributed by atoms with Crippen LogP contribution in [0, 0.1) is 0 Å². The highest BCUT2D eigenvalue weighted by molar-refractivity contribution is 5.80. The van der Waals surface area contributed by atoms with Crippen molar-refractivity contribution in [3.63, 3.8) is 0 Å². The second-order valence-electron chi connectivity index (χ2n) is 3.92. The first kappa shape index (κ1) is 10.2. The molecule has 0 aromatic carbocycles. The van der Waals surface area contributed by atoms with Crippen LogP contribution in [0.2, 0.25) is 0 Å². The van der Waals surface area contributed by atoms with Crippen LogP contribution in [-0.4, -0.2) is 23.4 Å². The van der Waals surface area contributed by atoms with E-state index in [1.54, 1.807) is 6.26 Å². The minimum Gasteiger partial charge on any atom is -0.467 e. The number of nitrogens with two attached hydrogens (primary N) is 1. The molecule has 1 aromatic heterocycles. The molecule has 2 atom stereocenters. The summed E-state index contributed by atoms with van der Waals surface area (Å²) in [5.74, 6) is 0.924. The first-order valence-electron chi connectivity index (χ1n) is 5.32. The number of likely N-dealkylation sites (tertiary alicyclic amines) is 1. The molecular formula is C11H16N2O2. The van der Waals surface area contributed by atoms with Crippen LogP contribution in [-0.2, 0) is 4.79 Å². The lowest BCUT2D eigenvalue weighted by atomic mass is 10.1. The molecule has 1 aromatic rings. The Morgan fingerprint density at radius 3 is 3.07 bits per heavy atom. The van der Waals surface area contributed by atoms with E-state index in [9.17, 15) is 4.79 Å². The smallest absolute Gasteiger partial charge is 0.224 e. The van der Waals surface area contributed by atoms with Gasteiger partial charge in [0, 0.05) is 19.0 Å². The third kappa shape index (κ3) is 1.77. The van der Waals surface area contributed by atoms with E-state index in [-0.39, 0.29) is 18.0 Å². The second kappa shape index (κ2) is 4.06. The molecule has 1 fully saturated rings. The number of hydrogen-bond acceptors (Lipinski definition) is 3. The van der Waals surface area contributed by atoms with E-state index in [4.69, 9.17) is 10.2 Å². The summed E-state index contributed by atoms with van der Waals surface area (Å²) < 4.78 is 5.34. The monoisotopic (exact) mass is 208 g/mol. The van der Waals surface area contributed by atoms with Gasteiger partial charge < -0.3 is 15.1 Å². The van der Waals surface area contributed by atoms with Crippen molar-refractivity contribution in [2.75, 3.05) is 6.54 Å². The molecular weight excluding hydrogens is 192 g/mol. The summed E-state index contributed by atoms with van der Waals surface area (Å²) in [7, 11) is 0. The average Bonchev–Trinajstić information content (AvgIpc) is 2.77. The molecule has 0 saturated carbocycles. The fourth-order valence-corrected chi connectivity index (χ4v) is 2.15. The van der Waals surface area contributed by atoms with Crippen LogP contribution >= 0.6 is 0 Å². The Labute approximate surface area is 89.0 Å². The predicted octanol–water partition coefficient (Wildman–Crippen LogP) is 1.29. The minimum absolute atomic E-state index is 0.0764. The van der Waals surface area contributed by atoms with Gasteiger partial charge in [0.2, 0.25) is 5.91 Å². The molecule has 1 saturated heterocycles. The van der Waals surface area contributed by atoms with E-state index in [2.05, 4.69) is 6.92 Å².